The zero-order chi connectivity index (χ0) is 19.8. The molecule has 0 aromatic heterocycles. The van der Waals surface area contributed by atoms with Crippen molar-refractivity contribution >= 4 is 23.5 Å². The SMILES string of the molecule is CN(CC(=O)OCC(=O)c1ccc([N+](=O)[O-])cc1)C(=O)Oc1ccccc1. The Labute approximate surface area is 154 Å². The van der Waals surface area contributed by atoms with E-state index in [1.54, 1.807) is 30.3 Å². The Morgan fingerprint density at radius 3 is 2.26 bits per heavy atom. The summed E-state index contributed by atoms with van der Waals surface area (Å²) >= 11 is 0. The van der Waals surface area contributed by atoms with E-state index >= 15 is 0 Å². The highest BCUT2D eigenvalue weighted by molar-refractivity contribution is 5.98. The Morgan fingerprint density at radius 2 is 1.67 bits per heavy atom. The highest BCUT2D eigenvalue weighted by Gasteiger charge is 2.17. The lowest BCUT2D eigenvalue weighted by atomic mass is 10.1. The Balaban J connectivity index is 1.80. The van der Waals surface area contributed by atoms with E-state index in [2.05, 4.69) is 0 Å². The number of nitro groups is 1. The Hall–Kier alpha value is -3.75. The van der Waals surface area contributed by atoms with Crippen molar-refractivity contribution in [2.24, 2.45) is 0 Å². The third-order valence-corrected chi connectivity index (χ3v) is 3.39. The van der Waals surface area contributed by atoms with Gasteiger partial charge in [0.15, 0.2) is 12.4 Å². The van der Waals surface area contributed by atoms with Gasteiger partial charge in [0.25, 0.3) is 5.69 Å². The van der Waals surface area contributed by atoms with E-state index in [0.29, 0.717) is 5.75 Å². The van der Waals surface area contributed by atoms with Crippen molar-refractivity contribution in [3.63, 3.8) is 0 Å². The summed E-state index contributed by atoms with van der Waals surface area (Å²) in [5.41, 5.74) is 0.0207. The van der Waals surface area contributed by atoms with Crippen molar-refractivity contribution in [1.82, 2.24) is 4.90 Å². The number of rotatable bonds is 7. The molecular formula is C18H16N2O7. The van der Waals surface area contributed by atoms with Crippen LogP contribution in [0.4, 0.5) is 10.5 Å². The van der Waals surface area contributed by atoms with Gasteiger partial charge in [-0.25, -0.2) is 4.79 Å². The number of carbonyl (C=O) groups is 3. The minimum Gasteiger partial charge on any atom is -0.456 e. The van der Waals surface area contributed by atoms with Gasteiger partial charge in [-0.3, -0.25) is 24.6 Å². The summed E-state index contributed by atoms with van der Waals surface area (Å²) in [5, 5.41) is 10.6. The van der Waals surface area contributed by atoms with Crippen LogP contribution in [0.15, 0.2) is 54.6 Å². The van der Waals surface area contributed by atoms with Crippen LogP contribution in [0.3, 0.4) is 0 Å². The molecule has 0 N–H and O–H groups in total. The number of esters is 1. The molecule has 0 saturated heterocycles. The van der Waals surface area contributed by atoms with Gasteiger partial charge in [0, 0.05) is 24.7 Å². The van der Waals surface area contributed by atoms with E-state index in [-0.39, 0.29) is 11.3 Å². The fraction of sp³-hybridized carbons (Fsp3) is 0.167. The number of para-hydroxylation sites is 1. The maximum absolute atomic E-state index is 11.9. The normalized spacial score (nSPS) is 9.96. The summed E-state index contributed by atoms with van der Waals surface area (Å²) in [6.45, 7) is -0.947. The summed E-state index contributed by atoms with van der Waals surface area (Å²) in [5.74, 6) is -0.985. The van der Waals surface area contributed by atoms with Gasteiger partial charge in [0.1, 0.15) is 12.3 Å². The van der Waals surface area contributed by atoms with Crippen LogP contribution in [0.1, 0.15) is 10.4 Å². The molecule has 0 spiro atoms. The smallest absolute Gasteiger partial charge is 0.415 e. The van der Waals surface area contributed by atoms with Crippen LogP contribution in [-0.2, 0) is 9.53 Å². The number of likely N-dealkylation sites (N-methyl/N-ethyl adjacent to an activating group) is 1. The van der Waals surface area contributed by atoms with E-state index in [0.717, 1.165) is 4.90 Å². The number of benzene rings is 2. The first kappa shape index (κ1) is 19.6. The monoisotopic (exact) mass is 372 g/mol. The number of hydrogen-bond acceptors (Lipinski definition) is 7. The molecule has 0 atom stereocenters. The second-order valence-electron chi connectivity index (χ2n) is 5.42. The summed E-state index contributed by atoms with van der Waals surface area (Å²) in [6, 6.07) is 13.3. The molecule has 9 heteroatoms. The fourth-order valence-corrected chi connectivity index (χ4v) is 1.97. The summed E-state index contributed by atoms with van der Waals surface area (Å²) in [7, 11) is 1.35. The van der Waals surface area contributed by atoms with Crippen LogP contribution in [-0.4, -0.2) is 47.9 Å². The van der Waals surface area contributed by atoms with Gasteiger partial charge in [0.2, 0.25) is 0 Å². The van der Waals surface area contributed by atoms with Gasteiger partial charge >= 0.3 is 12.1 Å². The molecule has 9 nitrogen and oxygen atoms in total. The number of ketones is 1. The number of carbonyl (C=O) groups excluding carboxylic acids is 3. The Kier molecular flexibility index (Phi) is 6.59. The van der Waals surface area contributed by atoms with Crippen molar-refractivity contribution in [2.75, 3.05) is 20.2 Å². The molecule has 0 radical (unpaired) electrons. The van der Waals surface area contributed by atoms with Crippen molar-refractivity contribution < 1.29 is 28.8 Å². The minimum absolute atomic E-state index is 0.151. The maximum Gasteiger partial charge on any atom is 0.415 e. The molecule has 2 aromatic carbocycles. The van der Waals surface area contributed by atoms with Gasteiger partial charge in [-0.1, -0.05) is 18.2 Å². The molecule has 2 aromatic rings. The van der Waals surface area contributed by atoms with Crippen molar-refractivity contribution in [3.8, 4) is 5.75 Å². The standard InChI is InChI=1S/C18H16N2O7/c1-19(18(23)27-15-5-3-2-4-6-15)11-17(22)26-12-16(21)13-7-9-14(10-8-13)20(24)25/h2-10H,11-12H2,1H3. The molecule has 0 bridgehead atoms. The molecule has 0 unspecified atom stereocenters. The van der Waals surface area contributed by atoms with Crippen molar-refractivity contribution in [3.05, 3.63) is 70.3 Å². The lowest BCUT2D eigenvalue weighted by Crippen LogP contribution is -2.35. The largest absolute Gasteiger partial charge is 0.456 e. The van der Waals surface area contributed by atoms with Crippen LogP contribution in [0.5, 0.6) is 5.75 Å². The predicted octanol–water partition coefficient (Wildman–Crippen LogP) is 2.45. The summed E-state index contributed by atoms with van der Waals surface area (Å²) < 4.78 is 9.89. The molecule has 27 heavy (non-hydrogen) atoms. The summed E-state index contributed by atoms with van der Waals surface area (Å²) in [4.78, 5) is 46.6. The number of ether oxygens (including phenoxy) is 2. The average molecular weight is 372 g/mol. The second kappa shape index (κ2) is 9.09. The lowest BCUT2D eigenvalue weighted by molar-refractivity contribution is -0.384. The number of Topliss-reactive ketones (excluding diaryl/α,β-unsaturated/α-hetero) is 1. The van der Waals surface area contributed by atoms with E-state index < -0.39 is 35.9 Å². The quantitative estimate of drug-likeness (QED) is 0.317. The number of hydrogen-bond donors (Lipinski definition) is 0. The van der Waals surface area contributed by atoms with E-state index in [1.807, 2.05) is 0 Å². The predicted molar refractivity (Wildman–Crippen MR) is 93.5 cm³/mol. The molecule has 0 heterocycles. The average Bonchev–Trinajstić information content (AvgIpc) is 2.66. The molecule has 140 valence electrons. The van der Waals surface area contributed by atoms with Gasteiger partial charge in [-0.15, -0.1) is 0 Å². The van der Waals surface area contributed by atoms with E-state index in [4.69, 9.17) is 9.47 Å². The first-order valence-electron chi connectivity index (χ1n) is 7.78. The molecule has 1 amide bonds. The number of nitrogens with zero attached hydrogens (tertiary/aromatic N) is 2. The van der Waals surface area contributed by atoms with Crippen LogP contribution < -0.4 is 4.74 Å². The van der Waals surface area contributed by atoms with Crippen molar-refractivity contribution in [1.29, 1.82) is 0 Å². The van der Waals surface area contributed by atoms with Gasteiger partial charge in [-0.2, -0.15) is 0 Å². The van der Waals surface area contributed by atoms with Crippen LogP contribution in [0.25, 0.3) is 0 Å². The van der Waals surface area contributed by atoms with E-state index in [1.165, 1.54) is 31.3 Å². The highest BCUT2D eigenvalue weighted by Crippen LogP contribution is 2.12. The maximum atomic E-state index is 11.9. The Morgan fingerprint density at radius 1 is 1.04 bits per heavy atom. The molecule has 2 rings (SSSR count). The molecule has 0 saturated carbocycles. The number of non-ortho nitro benzene ring substituents is 1. The van der Waals surface area contributed by atoms with Crippen LogP contribution in [0.2, 0.25) is 0 Å². The zero-order valence-corrected chi connectivity index (χ0v) is 14.4. The van der Waals surface area contributed by atoms with Crippen molar-refractivity contribution in [2.45, 2.75) is 0 Å². The topological polar surface area (TPSA) is 116 Å². The first-order valence-corrected chi connectivity index (χ1v) is 7.78. The highest BCUT2D eigenvalue weighted by atomic mass is 16.6. The molecular weight excluding hydrogens is 356 g/mol. The van der Waals surface area contributed by atoms with Crippen LogP contribution >= 0.6 is 0 Å². The molecule has 0 aliphatic heterocycles. The molecule has 0 aliphatic rings. The zero-order valence-electron chi connectivity index (χ0n) is 14.4. The second-order valence-corrected chi connectivity index (χ2v) is 5.42. The van der Waals surface area contributed by atoms with Gasteiger partial charge in [-0.05, 0) is 24.3 Å². The van der Waals surface area contributed by atoms with Crippen LogP contribution in [0, 0.1) is 10.1 Å². The third-order valence-electron chi connectivity index (χ3n) is 3.39. The summed E-state index contributed by atoms with van der Waals surface area (Å²) in [6.07, 6.45) is -0.750. The first-order chi connectivity index (χ1) is 12.9. The number of nitro benzene ring substituents is 1. The minimum atomic E-state index is -0.794. The van der Waals surface area contributed by atoms with Gasteiger partial charge in [0.05, 0.1) is 4.92 Å². The van der Waals surface area contributed by atoms with Gasteiger partial charge < -0.3 is 9.47 Å². The lowest BCUT2D eigenvalue weighted by Gasteiger charge is -2.15. The fourth-order valence-electron chi connectivity index (χ4n) is 1.97. The third kappa shape index (κ3) is 5.92. The number of amides is 1. The Bertz CT molecular complexity index is 835. The molecule has 0 fully saturated rings. The van der Waals surface area contributed by atoms with E-state index in [9.17, 15) is 24.5 Å². The molecule has 0 aliphatic carbocycles.